The molecule has 0 aromatic heterocycles. The molecule has 0 aliphatic carbocycles. The number of nitrogens with zero attached hydrogens (tertiary/aromatic N) is 2. The molecule has 1 aliphatic rings. The van der Waals surface area contributed by atoms with Crippen LogP contribution in [-0.4, -0.2) is 24.9 Å². The fourth-order valence-corrected chi connectivity index (χ4v) is 3.21. The first-order valence-corrected chi connectivity index (χ1v) is 9.88. The second kappa shape index (κ2) is 8.78. The van der Waals surface area contributed by atoms with Gasteiger partial charge in [0.1, 0.15) is 5.41 Å². The molecule has 3 rings (SSSR count). The summed E-state index contributed by atoms with van der Waals surface area (Å²) in [5.74, 6) is -0.793. The minimum absolute atomic E-state index is 0.380. The van der Waals surface area contributed by atoms with E-state index in [0.717, 1.165) is 18.8 Å². The standard InChI is InChI=1S/C23H26N4O2/c1-23(2,21(28)25-18-8-6-17(16-24)7-9-18)22(29)26-19-10-12-20(13-11-19)27-14-4-3-5-15-27/h6-13H,3-5,14-15H2,1-2H3,(H,25,28)(H,26,29). The normalized spacial score (nSPS) is 14.0. The number of piperidine rings is 1. The van der Waals surface area contributed by atoms with Crippen molar-refractivity contribution in [1.82, 2.24) is 0 Å². The zero-order valence-electron chi connectivity index (χ0n) is 16.9. The molecule has 6 heteroatoms. The van der Waals surface area contributed by atoms with Crippen molar-refractivity contribution in [2.75, 3.05) is 28.6 Å². The molecule has 150 valence electrons. The Morgan fingerprint density at radius 2 is 1.34 bits per heavy atom. The number of rotatable bonds is 5. The van der Waals surface area contributed by atoms with E-state index in [0.29, 0.717) is 16.9 Å². The molecule has 0 atom stereocenters. The predicted octanol–water partition coefficient (Wildman–Crippen LogP) is 4.15. The van der Waals surface area contributed by atoms with Gasteiger partial charge in [-0.15, -0.1) is 0 Å². The van der Waals surface area contributed by atoms with Crippen LogP contribution in [0.5, 0.6) is 0 Å². The molecule has 0 bridgehead atoms. The number of hydrogen-bond acceptors (Lipinski definition) is 4. The molecular formula is C23H26N4O2. The topological polar surface area (TPSA) is 85.2 Å². The van der Waals surface area contributed by atoms with Gasteiger partial charge in [0.05, 0.1) is 11.6 Å². The SMILES string of the molecule is CC(C)(C(=O)Nc1ccc(C#N)cc1)C(=O)Nc1ccc(N2CCCCC2)cc1. The minimum atomic E-state index is -1.26. The largest absolute Gasteiger partial charge is 0.372 e. The molecule has 1 heterocycles. The van der Waals surface area contributed by atoms with Crippen LogP contribution < -0.4 is 15.5 Å². The molecule has 2 aromatic rings. The number of nitriles is 1. The Hall–Kier alpha value is -3.33. The predicted molar refractivity (Wildman–Crippen MR) is 115 cm³/mol. The number of carbonyl (C=O) groups is 2. The highest BCUT2D eigenvalue weighted by Gasteiger charge is 2.36. The quantitative estimate of drug-likeness (QED) is 0.751. The Bertz CT molecular complexity index is 905. The lowest BCUT2D eigenvalue weighted by Crippen LogP contribution is -2.41. The zero-order chi connectivity index (χ0) is 20.9. The summed E-state index contributed by atoms with van der Waals surface area (Å²) in [6.45, 7) is 5.30. The van der Waals surface area contributed by atoms with Crippen LogP contribution in [0.4, 0.5) is 17.1 Å². The molecule has 2 N–H and O–H groups in total. The molecule has 0 spiro atoms. The summed E-state index contributed by atoms with van der Waals surface area (Å²) >= 11 is 0. The van der Waals surface area contributed by atoms with Crippen molar-refractivity contribution >= 4 is 28.9 Å². The lowest BCUT2D eigenvalue weighted by atomic mass is 9.90. The summed E-state index contributed by atoms with van der Waals surface area (Å²) in [7, 11) is 0. The van der Waals surface area contributed by atoms with Crippen LogP contribution in [0.3, 0.4) is 0 Å². The van der Waals surface area contributed by atoms with Crippen LogP contribution >= 0.6 is 0 Å². The summed E-state index contributed by atoms with van der Waals surface area (Å²) < 4.78 is 0. The third-order valence-electron chi connectivity index (χ3n) is 5.25. The molecule has 1 aliphatic heterocycles. The number of amides is 2. The summed E-state index contributed by atoms with van der Waals surface area (Å²) in [5, 5.41) is 14.4. The van der Waals surface area contributed by atoms with Crippen molar-refractivity contribution in [3.8, 4) is 6.07 Å². The molecule has 2 amide bonds. The maximum atomic E-state index is 12.7. The van der Waals surface area contributed by atoms with Crippen molar-refractivity contribution < 1.29 is 9.59 Å². The zero-order valence-corrected chi connectivity index (χ0v) is 16.9. The maximum absolute atomic E-state index is 12.7. The van der Waals surface area contributed by atoms with E-state index in [9.17, 15) is 9.59 Å². The van der Waals surface area contributed by atoms with Crippen LogP contribution in [0.1, 0.15) is 38.7 Å². The van der Waals surface area contributed by atoms with E-state index in [-0.39, 0.29) is 5.91 Å². The van der Waals surface area contributed by atoms with Crippen molar-refractivity contribution in [3.63, 3.8) is 0 Å². The van der Waals surface area contributed by atoms with Crippen molar-refractivity contribution in [2.45, 2.75) is 33.1 Å². The number of hydrogen-bond donors (Lipinski definition) is 2. The first-order valence-electron chi connectivity index (χ1n) is 9.88. The van der Waals surface area contributed by atoms with Gasteiger partial charge in [0.25, 0.3) is 0 Å². The Morgan fingerprint density at radius 1 is 0.862 bits per heavy atom. The average molecular weight is 390 g/mol. The molecule has 29 heavy (non-hydrogen) atoms. The fourth-order valence-electron chi connectivity index (χ4n) is 3.21. The van der Waals surface area contributed by atoms with E-state index in [4.69, 9.17) is 5.26 Å². The number of nitrogens with one attached hydrogen (secondary N) is 2. The van der Waals surface area contributed by atoms with Gasteiger partial charge < -0.3 is 15.5 Å². The molecule has 2 aromatic carbocycles. The van der Waals surface area contributed by atoms with E-state index in [1.54, 1.807) is 38.1 Å². The first kappa shape index (κ1) is 20.4. The molecule has 1 fully saturated rings. The third-order valence-corrected chi connectivity index (χ3v) is 5.25. The van der Waals surface area contributed by atoms with E-state index in [2.05, 4.69) is 15.5 Å². The van der Waals surface area contributed by atoms with E-state index < -0.39 is 11.3 Å². The van der Waals surface area contributed by atoms with Gasteiger partial charge in [-0.1, -0.05) is 0 Å². The van der Waals surface area contributed by atoms with Crippen LogP contribution in [0.2, 0.25) is 0 Å². The van der Waals surface area contributed by atoms with Crippen LogP contribution in [-0.2, 0) is 9.59 Å². The molecule has 0 unspecified atom stereocenters. The van der Waals surface area contributed by atoms with Crippen molar-refractivity contribution in [1.29, 1.82) is 5.26 Å². The minimum Gasteiger partial charge on any atom is -0.372 e. The highest BCUT2D eigenvalue weighted by molar-refractivity contribution is 6.14. The lowest BCUT2D eigenvalue weighted by Gasteiger charge is -2.29. The molecule has 6 nitrogen and oxygen atoms in total. The summed E-state index contributed by atoms with van der Waals surface area (Å²) in [4.78, 5) is 27.7. The number of carbonyl (C=O) groups excluding carboxylic acids is 2. The average Bonchev–Trinajstić information content (AvgIpc) is 2.75. The van der Waals surface area contributed by atoms with E-state index in [1.165, 1.54) is 19.3 Å². The van der Waals surface area contributed by atoms with Gasteiger partial charge in [0.15, 0.2) is 0 Å². The van der Waals surface area contributed by atoms with Gasteiger partial charge in [0.2, 0.25) is 11.8 Å². The van der Waals surface area contributed by atoms with Crippen LogP contribution in [0, 0.1) is 16.7 Å². The third kappa shape index (κ3) is 4.94. The van der Waals surface area contributed by atoms with Gasteiger partial charge >= 0.3 is 0 Å². The molecular weight excluding hydrogens is 364 g/mol. The number of benzene rings is 2. The van der Waals surface area contributed by atoms with Gasteiger partial charge in [-0.05, 0) is 81.6 Å². The Kier molecular flexibility index (Phi) is 6.18. The smallest absolute Gasteiger partial charge is 0.239 e. The fraction of sp³-hybridized carbons (Fsp3) is 0.348. The monoisotopic (exact) mass is 390 g/mol. The Labute approximate surface area is 171 Å². The summed E-state index contributed by atoms with van der Waals surface area (Å²) in [5.41, 5.74) is 1.60. The summed E-state index contributed by atoms with van der Waals surface area (Å²) in [6.07, 6.45) is 3.70. The first-order chi connectivity index (χ1) is 13.9. The summed E-state index contributed by atoms with van der Waals surface area (Å²) in [6, 6.07) is 16.3. The maximum Gasteiger partial charge on any atom is 0.239 e. The van der Waals surface area contributed by atoms with Gasteiger partial charge in [-0.2, -0.15) is 5.26 Å². The molecule has 0 saturated carbocycles. The highest BCUT2D eigenvalue weighted by atomic mass is 16.2. The van der Waals surface area contributed by atoms with E-state index in [1.807, 2.05) is 30.3 Å². The second-order valence-corrected chi connectivity index (χ2v) is 7.82. The van der Waals surface area contributed by atoms with E-state index >= 15 is 0 Å². The molecule has 1 saturated heterocycles. The Balaban J connectivity index is 1.61. The van der Waals surface area contributed by atoms with Gasteiger partial charge in [-0.25, -0.2) is 0 Å². The second-order valence-electron chi connectivity index (χ2n) is 7.82. The van der Waals surface area contributed by atoms with Gasteiger partial charge in [-0.3, -0.25) is 9.59 Å². The lowest BCUT2D eigenvalue weighted by molar-refractivity contribution is -0.135. The highest BCUT2D eigenvalue weighted by Crippen LogP contribution is 2.25. The van der Waals surface area contributed by atoms with Crippen molar-refractivity contribution in [3.05, 3.63) is 54.1 Å². The molecule has 0 radical (unpaired) electrons. The van der Waals surface area contributed by atoms with Crippen LogP contribution in [0.15, 0.2) is 48.5 Å². The van der Waals surface area contributed by atoms with Crippen LogP contribution in [0.25, 0.3) is 0 Å². The van der Waals surface area contributed by atoms with Crippen molar-refractivity contribution in [2.24, 2.45) is 5.41 Å². The number of anilines is 3. The Morgan fingerprint density at radius 3 is 1.83 bits per heavy atom. The van der Waals surface area contributed by atoms with Gasteiger partial charge in [0, 0.05) is 30.2 Å².